The molecule has 6 N–H and O–H groups in total. The van der Waals surface area contributed by atoms with Crippen molar-refractivity contribution < 1.29 is 23.5 Å². The van der Waals surface area contributed by atoms with Gasteiger partial charge in [-0.3, -0.25) is 30.8 Å². The van der Waals surface area contributed by atoms with E-state index in [9.17, 15) is 9.59 Å². The van der Waals surface area contributed by atoms with E-state index in [0.717, 1.165) is 6.07 Å². The van der Waals surface area contributed by atoms with Crippen LogP contribution in [-0.2, 0) is 4.79 Å². The molecule has 1 unspecified atom stereocenters. The zero-order valence-electron chi connectivity index (χ0n) is 20.7. The summed E-state index contributed by atoms with van der Waals surface area (Å²) in [6.45, 7) is 5.67. The Morgan fingerprint density at radius 3 is 2.30 bits per heavy atom. The first kappa shape index (κ1) is 26.9. The highest BCUT2D eigenvalue weighted by atomic mass is 19.1. The largest absolute Gasteiger partial charge is 0.490 e. The number of hydrogen-bond acceptors (Lipinski definition) is 7. The van der Waals surface area contributed by atoms with Gasteiger partial charge in [-0.15, -0.1) is 0 Å². The molecule has 37 heavy (non-hydrogen) atoms. The molecule has 2 amide bonds. The fraction of sp³-hybridized carbons (Fsp3) is 0.231. The molecule has 0 aliphatic carbocycles. The van der Waals surface area contributed by atoms with E-state index in [1.165, 1.54) is 30.6 Å². The second-order valence-corrected chi connectivity index (χ2v) is 8.17. The van der Waals surface area contributed by atoms with Gasteiger partial charge < -0.3 is 20.5 Å². The number of nitrogens with zero attached hydrogens (tertiary/aromatic N) is 1. The third-order valence-corrected chi connectivity index (χ3v) is 5.05. The molecule has 0 fully saturated rings. The molecule has 11 heteroatoms. The lowest BCUT2D eigenvalue weighted by Gasteiger charge is -2.23. The Labute approximate surface area is 213 Å². The predicted molar refractivity (Wildman–Crippen MR) is 137 cm³/mol. The minimum atomic E-state index is -1.28. The van der Waals surface area contributed by atoms with Crippen LogP contribution in [0, 0.1) is 11.2 Å². The number of nitrogen functional groups attached to an aromatic ring is 1. The summed E-state index contributed by atoms with van der Waals surface area (Å²) < 4.78 is 26.7. The number of rotatable bonds is 10. The van der Waals surface area contributed by atoms with E-state index in [1.807, 2.05) is 0 Å². The zero-order chi connectivity index (χ0) is 26.9. The van der Waals surface area contributed by atoms with Crippen LogP contribution in [0.5, 0.6) is 11.5 Å². The number of nitrogens with one attached hydrogen (secondary N) is 4. The Morgan fingerprint density at radius 1 is 1.03 bits per heavy atom. The lowest BCUT2D eigenvalue weighted by atomic mass is 10.0. The van der Waals surface area contributed by atoms with Gasteiger partial charge in [-0.05, 0) is 63.2 Å². The molecule has 1 aromatic heterocycles. The van der Waals surface area contributed by atoms with Crippen molar-refractivity contribution in [3.63, 3.8) is 0 Å². The molecule has 0 saturated carbocycles. The number of nitrogens with two attached hydrogens (primary N) is 1. The maximum Gasteiger partial charge on any atom is 0.269 e. The second-order valence-electron chi connectivity index (χ2n) is 8.17. The van der Waals surface area contributed by atoms with Crippen LogP contribution < -0.4 is 31.4 Å². The molecule has 0 radical (unpaired) electrons. The quantitative estimate of drug-likeness (QED) is 0.160. The predicted octanol–water partition coefficient (Wildman–Crippen LogP) is 3.31. The van der Waals surface area contributed by atoms with E-state index in [-0.39, 0.29) is 41.2 Å². The van der Waals surface area contributed by atoms with Crippen LogP contribution in [0.1, 0.15) is 48.3 Å². The van der Waals surface area contributed by atoms with Crippen molar-refractivity contribution in [1.82, 2.24) is 15.8 Å². The topological polar surface area (TPSA) is 151 Å². The SMILES string of the molecule is CCOc1cc(C(Nc2ccc(C(=N)N)cc2)C(=O)NNC(=O)c2ccncc2)c(F)cc1OC(C)C. The monoisotopic (exact) mass is 508 g/mol. The molecule has 3 aromatic rings. The highest BCUT2D eigenvalue weighted by molar-refractivity contribution is 5.97. The van der Waals surface area contributed by atoms with Gasteiger partial charge in [0.25, 0.3) is 11.8 Å². The van der Waals surface area contributed by atoms with Crippen LogP contribution in [0.2, 0.25) is 0 Å². The van der Waals surface area contributed by atoms with Crippen LogP contribution in [-0.4, -0.2) is 35.3 Å². The molecule has 0 bridgehead atoms. The van der Waals surface area contributed by atoms with Crippen LogP contribution in [0.25, 0.3) is 0 Å². The highest BCUT2D eigenvalue weighted by Crippen LogP contribution is 2.35. The van der Waals surface area contributed by atoms with Crippen LogP contribution in [0.15, 0.2) is 60.9 Å². The fourth-order valence-corrected chi connectivity index (χ4v) is 3.35. The normalized spacial score (nSPS) is 11.4. The number of pyridine rings is 1. The van der Waals surface area contributed by atoms with Crippen molar-refractivity contribution in [2.75, 3.05) is 11.9 Å². The average Bonchev–Trinajstić information content (AvgIpc) is 2.88. The van der Waals surface area contributed by atoms with Crippen molar-refractivity contribution in [3.8, 4) is 11.5 Å². The second kappa shape index (κ2) is 12.3. The summed E-state index contributed by atoms with van der Waals surface area (Å²) in [5, 5.41) is 10.5. The summed E-state index contributed by atoms with van der Waals surface area (Å²) in [5.41, 5.74) is 11.4. The molecule has 1 atom stereocenters. The first-order valence-electron chi connectivity index (χ1n) is 11.5. The van der Waals surface area contributed by atoms with E-state index in [0.29, 0.717) is 11.3 Å². The first-order chi connectivity index (χ1) is 17.7. The van der Waals surface area contributed by atoms with E-state index in [1.54, 1.807) is 45.0 Å². The third kappa shape index (κ3) is 7.17. The lowest BCUT2D eigenvalue weighted by Crippen LogP contribution is -2.45. The smallest absolute Gasteiger partial charge is 0.269 e. The van der Waals surface area contributed by atoms with Crippen molar-refractivity contribution in [2.45, 2.75) is 32.9 Å². The summed E-state index contributed by atoms with van der Waals surface area (Å²) in [4.78, 5) is 29.5. The van der Waals surface area contributed by atoms with Gasteiger partial charge in [-0.25, -0.2) is 4.39 Å². The van der Waals surface area contributed by atoms with Gasteiger partial charge in [0.15, 0.2) is 11.5 Å². The fourth-order valence-electron chi connectivity index (χ4n) is 3.35. The standard InChI is InChI=1S/C26H29FN6O4/c1-4-36-21-13-19(20(27)14-22(21)37-15(2)3)23(31-18-7-5-16(6-8-18)24(28)29)26(35)33-32-25(34)17-9-11-30-12-10-17/h5-15,23,31H,4H2,1-3H3,(H3,28,29)(H,32,34)(H,33,35). The Hall–Kier alpha value is -4.67. The van der Waals surface area contributed by atoms with E-state index < -0.39 is 23.7 Å². The first-order valence-corrected chi connectivity index (χ1v) is 11.5. The number of amides is 2. The maximum absolute atomic E-state index is 15.4. The molecule has 0 aliphatic rings. The van der Waals surface area contributed by atoms with Gasteiger partial charge in [0.05, 0.1) is 12.7 Å². The number of halogens is 1. The highest BCUT2D eigenvalue weighted by Gasteiger charge is 2.27. The molecule has 194 valence electrons. The maximum atomic E-state index is 15.4. The molecule has 0 aliphatic heterocycles. The molecule has 10 nitrogen and oxygen atoms in total. The van der Waals surface area contributed by atoms with Gasteiger partial charge in [0.2, 0.25) is 0 Å². The van der Waals surface area contributed by atoms with Crippen LogP contribution in [0.3, 0.4) is 0 Å². The zero-order valence-corrected chi connectivity index (χ0v) is 20.7. The number of carbonyl (C=O) groups is 2. The number of hydrogen-bond donors (Lipinski definition) is 5. The number of benzene rings is 2. The van der Waals surface area contributed by atoms with Crippen molar-refractivity contribution >= 4 is 23.3 Å². The Morgan fingerprint density at radius 2 is 1.70 bits per heavy atom. The van der Waals surface area contributed by atoms with Crippen molar-refractivity contribution in [1.29, 1.82) is 5.41 Å². The van der Waals surface area contributed by atoms with Gasteiger partial charge in [-0.2, -0.15) is 0 Å². The molecule has 0 saturated heterocycles. The minimum Gasteiger partial charge on any atom is -0.490 e. The van der Waals surface area contributed by atoms with Crippen LogP contribution in [0.4, 0.5) is 10.1 Å². The van der Waals surface area contributed by atoms with Gasteiger partial charge in [0.1, 0.15) is 17.7 Å². The number of aromatic nitrogens is 1. The Balaban J connectivity index is 1.94. The Kier molecular flexibility index (Phi) is 8.98. The summed E-state index contributed by atoms with van der Waals surface area (Å²) in [7, 11) is 0. The number of hydrazine groups is 1. The van der Waals surface area contributed by atoms with E-state index in [2.05, 4.69) is 21.2 Å². The number of anilines is 1. The molecular formula is C26H29FN6O4. The number of ether oxygens (including phenoxy) is 2. The summed E-state index contributed by atoms with van der Waals surface area (Å²) in [6.07, 6.45) is 2.65. The van der Waals surface area contributed by atoms with E-state index in [4.69, 9.17) is 20.6 Å². The van der Waals surface area contributed by atoms with E-state index >= 15 is 4.39 Å². The summed E-state index contributed by atoms with van der Waals surface area (Å²) >= 11 is 0. The lowest BCUT2D eigenvalue weighted by molar-refractivity contribution is -0.122. The number of amidine groups is 1. The summed E-state index contributed by atoms with van der Waals surface area (Å²) in [5.74, 6) is -1.68. The van der Waals surface area contributed by atoms with Crippen LogP contribution >= 0.6 is 0 Å². The molecular weight excluding hydrogens is 479 g/mol. The van der Waals surface area contributed by atoms with Gasteiger partial charge in [0, 0.05) is 40.8 Å². The van der Waals surface area contributed by atoms with Crippen molar-refractivity contribution in [3.05, 3.63) is 83.4 Å². The molecule has 0 spiro atoms. The molecule has 1 heterocycles. The average molecular weight is 509 g/mol. The summed E-state index contributed by atoms with van der Waals surface area (Å²) in [6, 6.07) is 10.6. The molecule has 2 aromatic carbocycles. The van der Waals surface area contributed by atoms with Gasteiger partial charge in [-0.1, -0.05) is 0 Å². The van der Waals surface area contributed by atoms with Gasteiger partial charge >= 0.3 is 0 Å². The number of carbonyl (C=O) groups excluding carboxylic acids is 2. The molecule has 3 rings (SSSR count). The minimum absolute atomic E-state index is 0.0362. The van der Waals surface area contributed by atoms with Crippen molar-refractivity contribution in [2.24, 2.45) is 5.73 Å². The Bertz CT molecular complexity index is 1250. The third-order valence-electron chi connectivity index (χ3n) is 5.05.